The number of carbonyl (C=O) groups is 1. The minimum atomic E-state index is -4.77. The molecule has 1 aromatic heterocycles. The van der Waals surface area contributed by atoms with Crippen molar-refractivity contribution in [3.05, 3.63) is 47.2 Å². The smallest absolute Gasteiger partial charge is 0.406 e. The molecule has 0 aliphatic rings. The van der Waals surface area contributed by atoms with Gasteiger partial charge >= 0.3 is 6.36 Å². The van der Waals surface area contributed by atoms with Crippen LogP contribution in [0.25, 0.3) is 0 Å². The molecule has 1 N–H and O–H groups in total. The summed E-state index contributed by atoms with van der Waals surface area (Å²) >= 11 is 1.14. The highest BCUT2D eigenvalue weighted by molar-refractivity contribution is 8.00. The van der Waals surface area contributed by atoms with Gasteiger partial charge in [-0.3, -0.25) is 4.79 Å². The van der Waals surface area contributed by atoms with E-state index in [1.807, 2.05) is 0 Å². The first-order chi connectivity index (χ1) is 12.6. The third-order valence-corrected chi connectivity index (χ3v) is 4.52. The van der Waals surface area contributed by atoms with Crippen molar-refractivity contribution in [2.45, 2.75) is 37.4 Å². The Morgan fingerprint density at radius 1 is 1.30 bits per heavy atom. The van der Waals surface area contributed by atoms with E-state index in [4.69, 9.17) is 0 Å². The predicted molar refractivity (Wildman–Crippen MR) is 95.5 cm³/mol. The molecule has 1 amide bonds. The van der Waals surface area contributed by atoms with E-state index in [1.54, 1.807) is 26.8 Å². The number of amides is 1. The number of ether oxygens (including phenoxy) is 1. The average Bonchev–Trinajstić information content (AvgIpc) is 2.55. The molecule has 0 bridgehead atoms. The lowest BCUT2D eigenvalue weighted by Gasteiger charge is -2.14. The van der Waals surface area contributed by atoms with Gasteiger partial charge in [-0.05, 0) is 56.7 Å². The first-order valence-electron chi connectivity index (χ1n) is 7.80. The van der Waals surface area contributed by atoms with E-state index in [0.717, 1.165) is 35.2 Å². The van der Waals surface area contributed by atoms with E-state index in [-0.39, 0.29) is 11.7 Å². The molecular weight excluding hydrogens is 379 g/mol. The molecule has 9 heteroatoms. The second-order valence-electron chi connectivity index (χ2n) is 5.69. The van der Waals surface area contributed by atoms with Crippen LogP contribution in [0.2, 0.25) is 0 Å². The zero-order valence-corrected chi connectivity index (χ0v) is 15.5. The number of nitriles is 1. The number of aromatic nitrogens is 1. The molecule has 1 atom stereocenters. The van der Waals surface area contributed by atoms with Crippen LogP contribution in [-0.2, 0) is 4.79 Å². The molecule has 0 aliphatic carbocycles. The van der Waals surface area contributed by atoms with Crippen LogP contribution in [0, 0.1) is 25.2 Å². The molecule has 5 nitrogen and oxygen atoms in total. The molecular formula is C18H16F3N3O2S. The average molecular weight is 395 g/mol. The van der Waals surface area contributed by atoms with Crippen LogP contribution in [-0.4, -0.2) is 22.5 Å². The Hall–Kier alpha value is -2.73. The second-order valence-corrected chi connectivity index (χ2v) is 7.02. The van der Waals surface area contributed by atoms with Crippen molar-refractivity contribution in [1.29, 1.82) is 5.26 Å². The Morgan fingerprint density at radius 2 is 1.93 bits per heavy atom. The molecule has 2 aromatic rings. The van der Waals surface area contributed by atoms with Gasteiger partial charge in [0.1, 0.15) is 16.8 Å². The summed E-state index contributed by atoms with van der Waals surface area (Å²) in [7, 11) is 0. The Kier molecular flexibility index (Phi) is 6.33. The molecule has 142 valence electrons. The maximum absolute atomic E-state index is 12.3. The summed E-state index contributed by atoms with van der Waals surface area (Å²) < 4.78 is 40.3. The molecule has 2 rings (SSSR count). The van der Waals surface area contributed by atoms with Crippen molar-refractivity contribution in [1.82, 2.24) is 4.98 Å². The molecule has 1 heterocycles. The zero-order chi connectivity index (χ0) is 20.2. The number of hydrogen-bond donors (Lipinski definition) is 1. The molecule has 0 radical (unpaired) electrons. The summed E-state index contributed by atoms with van der Waals surface area (Å²) in [5.41, 5.74) is 2.26. The Balaban J connectivity index is 2.05. The lowest BCUT2D eigenvalue weighted by atomic mass is 10.1. The molecule has 1 aromatic carbocycles. The molecule has 0 saturated carbocycles. The van der Waals surface area contributed by atoms with Crippen LogP contribution in [0.4, 0.5) is 18.9 Å². The third-order valence-electron chi connectivity index (χ3n) is 3.44. The number of benzene rings is 1. The Labute approximate surface area is 158 Å². The number of aryl methyl sites for hydroxylation is 2. The van der Waals surface area contributed by atoms with Gasteiger partial charge in [0.05, 0.1) is 10.8 Å². The van der Waals surface area contributed by atoms with Crippen molar-refractivity contribution in [3.8, 4) is 11.8 Å². The van der Waals surface area contributed by atoms with Gasteiger partial charge in [-0.1, -0.05) is 11.8 Å². The van der Waals surface area contributed by atoms with E-state index < -0.39 is 11.6 Å². The van der Waals surface area contributed by atoms with Gasteiger partial charge in [-0.2, -0.15) is 5.26 Å². The van der Waals surface area contributed by atoms with Gasteiger partial charge < -0.3 is 10.1 Å². The van der Waals surface area contributed by atoms with Gasteiger partial charge in [0.15, 0.2) is 0 Å². The van der Waals surface area contributed by atoms with Crippen LogP contribution >= 0.6 is 11.8 Å². The highest BCUT2D eigenvalue weighted by Crippen LogP contribution is 2.28. The number of hydrogen-bond acceptors (Lipinski definition) is 5. The standard InChI is InChI=1S/C18H16F3N3O2S/c1-10-8-11(2)23-17(15(10)9-22)27-12(3)16(25)24-13-4-6-14(7-5-13)26-18(19,20)21/h4-8,12H,1-3H3,(H,24,25)/t12-/m1/s1. The minimum Gasteiger partial charge on any atom is -0.406 e. The van der Waals surface area contributed by atoms with Crippen LogP contribution in [0.1, 0.15) is 23.7 Å². The largest absolute Gasteiger partial charge is 0.573 e. The van der Waals surface area contributed by atoms with Gasteiger partial charge in [-0.15, -0.1) is 13.2 Å². The van der Waals surface area contributed by atoms with Crippen molar-refractivity contribution in [2.75, 3.05) is 5.32 Å². The lowest BCUT2D eigenvalue weighted by molar-refractivity contribution is -0.274. The van der Waals surface area contributed by atoms with Crippen LogP contribution in [0.5, 0.6) is 5.75 Å². The van der Waals surface area contributed by atoms with E-state index >= 15 is 0 Å². The Morgan fingerprint density at radius 3 is 2.48 bits per heavy atom. The number of nitrogens with one attached hydrogen (secondary N) is 1. The third kappa shape index (κ3) is 5.89. The zero-order valence-electron chi connectivity index (χ0n) is 14.7. The van der Waals surface area contributed by atoms with Crippen molar-refractivity contribution >= 4 is 23.4 Å². The summed E-state index contributed by atoms with van der Waals surface area (Å²) in [6, 6.07) is 8.72. The lowest BCUT2D eigenvalue weighted by Crippen LogP contribution is -2.22. The number of nitrogens with zero attached hydrogens (tertiary/aromatic N) is 2. The summed E-state index contributed by atoms with van der Waals surface area (Å²) in [5.74, 6) is -0.740. The molecule has 0 spiro atoms. The fraction of sp³-hybridized carbons (Fsp3) is 0.278. The van der Waals surface area contributed by atoms with Crippen molar-refractivity contribution in [3.63, 3.8) is 0 Å². The number of thioether (sulfide) groups is 1. The second kappa shape index (κ2) is 8.31. The molecule has 0 unspecified atom stereocenters. The first-order valence-corrected chi connectivity index (χ1v) is 8.68. The van der Waals surface area contributed by atoms with Gasteiger partial charge in [-0.25, -0.2) is 4.98 Å². The SMILES string of the molecule is Cc1cc(C)c(C#N)c(S[C@H](C)C(=O)Nc2ccc(OC(F)(F)F)cc2)n1. The Bertz CT molecular complexity index is 877. The van der Waals surface area contributed by atoms with Crippen LogP contribution in [0.3, 0.4) is 0 Å². The van der Waals surface area contributed by atoms with E-state index in [1.165, 1.54) is 12.1 Å². The number of carbonyl (C=O) groups excluding carboxylic acids is 1. The highest BCUT2D eigenvalue weighted by atomic mass is 32.2. The normalized spacial score (nSPS) is 12.2. The van der Waals surface area contributed by atoms with Gasteiger partial charge in [0.2, 0.25) is 5.91 Å². The number of alkyl halides is 3. The van der Waals surface area contributed by atoms with E-state index in [0.29, 0.717) is 16.3 Å². The minimum absolute atomic E-state index is 0.330. The fourth-order valence-electron chi connectivity index (χ4n) is 2.23. The quantitative estimate of drug-likeness (QED) is 0.750. The first kappa shape index (κ1) is 20.6. The van der Waals surface area contributed by atoms with E-state index in [2.05, 4.69) is 21.1 Å². The maximum atomic E-state index is 12.3. The van der Waals surface area contributed by atoms with E-state index in [9.17, 15) is 23.2 Å². The van der Waals surface area contributed by atoms with Crippen LogP contribution < -0.4 is 10.1 Å². The monoisotopic (exact) mass is 395 g/mol. The van der Waals surface area contributed by atoms with Crippen molar-refractivity contribution < 1.29 is 22.7 Å². The number of pyridine rings is 1. The predicted octanol–water partition coefficient (Wildman–Crippen LogP) is 4.59. The summed E-state index contributed by atoms with van der Waals surface area (Å²) in [6.07, 6.45) is -4.77. The molecule has 27 heavy (non-hydrogen) atoms. The topological polar surface area (TPSA) is 75.0 Å². The summed E-state index contributed by atoms with van der Waals surface area (Å²) in [4.78, 5) is 16.7. The molecule has 0 aliphatic heterocycles. The van der Waals surface area contributed by atoms with Crippen molar-refractivity contribution in [2.24, 2.45) is 0 Å². The number of anilines is 1. The maximum Gasteiger partial charge on any atom is 0.573 e. The molecule has 0 fully saturated rings. The fourth-order valence-corrected chi connectivity index (χ4v) is 3.25. The number of rotatable bonds is 5. The van der Waals surface area contributed by atoms with Gasteiger partial charge in [0.25, 0.3) is 0 Å². The van der Waals surface area contributed by atoms with Crippen LogP contribution in [0.15, 0.2) is 35.4 Å². The summed E-state index contributed by atoms with van der Waals surface area (Å²) in [5, 5.41) is 11.8. The summed E-state index contributed by atoms with van der Waals surface area (Å²) in [6.45, 7) is 5.25. The highest BCUT2D eigenvalue weighted by Gasteiger charge is 2.31. The van der Waals surface area contributed by atoms with Gasteiger partial charge in [0, 0.05) is 11.4 Å². The molecule has 0 saturated heterocycles. The number of halogens is 3.